The first kappa shape index (κ1) is 27.9. The smallest absolute Gasteiger partial charge is 0.143 e. The molecule has 0 unspecified atom stereocenters. The number of rotatable bonds is 4. The molecule has 1 aliphatic carbocycles. The Balaban J connectivity index is 1.30. The van der Waals surface area contributed by atoms with E-state index in [0.717, 1.165) is 40.2 Å². The Bertz CT molecular complexity index is 2750. The van der Waals surface area contributed by atoms with Crippen LogP contribution in [0.4, 0.5) is 0 Å². The number of fused-ring (bicyclic) bond motifs is 7. The molecular formula is C48H32O. The summed E-state index contributed by atoms with van der Waals surface area (Å²) in [6.07, 6.45) is 8.87. The average Bonchev–Trinajstić information content (AvgIpc) is 3.57. The van der Waals surface area contributed by atoms with E-state index in [0.29, 0.717) is 0 Å². The van der Waals surface area contributed by atoms with Crippen LogP contribution in [0.5, 0.6) is 0 Å². The van der Waals surface area contributed by atoms with Crippen molar-refractivity contribution < 1.29 is 4.42 Å². The Hall–Kier alpha value is -6.18. The lowest BCUT2D eigenvalue weighted by Gasteiger charge is -2.20. The van der Waals surface area contributed by atoms with Gasteiger partial charge < -0.3 is 4.42 Å². The van der Waals surface area contributed by atoms with Gasteiger partial charge in [-0.3, -0.25) is 0 Å². The molecule has 0 radical (unpaired) electrons. The van der Waals surface area contributed by atoms with Crippen molar-refractivity contribution in [1.29, 1.82) is 0 Å². The summed E-state index contributed by atoms with van der Waals surface area (Å²) in [6.45, 7) is 0. The zero-order valence-electron chi connectivity index (χ0n) is 27.0. The first-order valence-electron chi connectivity index (χ1n) is 17.2. The molecule has 8 aromatic carbocycles. The summed E-state index contributed by atoms with van der Waals surface area (Å²) in [6, 6.07) is 55.4. The van der Waals surface area contributed by atoms with E-state index < -0.39 is 0 Å². The average molecular weight is 625 g/mol. The fraction of sp³-hybridized carbons (Fsp3) is 0.0417. The molecule has 1 nitrogen and oxygen atoms in total. The minimum absolute atomic E-state index is 0.913. The monoisotopic (exact) mass is 624 g/mol. The SMILES string of the molecule is C1=CCCC(c2cc(-c3ccccc3)cc(-c3c4ccccc4c(-c4cccc5oc6c7ccccc7ccc6c45)c4ccccc34)c2)=C1. The van der Waals surface area contributed by atoms with E-state index in [4.69, 9.17) is 4.42 Å². The fourth-order valence-corrected chi connectivity index (χ4v) is 8.09. The lowest BCUT2D eigenvalue weighted by molar-refractivity contribution is 0.673. The van der Waals surface area contributed by atoms with Gasteiger partial charge in [0.05, 0.1) is 0 Å². The summed E-state index contributed by atoms with van der Waals surface area (Å²) in [5, 5.41) is 9.63. The van der Waals surface area contributed by atoms with Crippen LogP contribution in [-0.2, 0) is 0 Å². The van der Waals surface area contributed by atoms with E-state index >= 15 is 0 Å². The third kappa shape index (κ3) is 4.47. The van der Waals surface area contributed by atoms with Gasteiger partial charge in [0, 0.05) is 16.2 Å². The van der Waals surface area contributed by atoms with Crippen molar-refractivity contribution in [3.05, 3.63) is 175 Å². The Kier molecular flexibility index (Phi) is 6.38. The van der Waals surface area contributed by atoms with Crippen LogP contribution in [0.25, 0.3) is 93.2 Å². The molecule has 10 rings (SSSR count). The molecule has 0 N–H and O–H groups in total. The first-order valence-corrected chi connectivity index (χ1v) is 17.2. The second-order valence-electron chi connectivity index (χ2n) is 13.1. The van der Waals surface area contributed by atoms with Crippen molar-refractivity contribution in [3.8, 4) is 33.4 Å². The van der Waals surface area contributed by atoms with Crippen LogP contribution in [0.1, 0.15) is 18.4 Å². The maximum atomic E-state index is 6.66. The van der Waals surface area contributed by atoms with Crippen LogP contribution in [0.2, 0.25) is 0 Å². The van der Waals surface area contributed by atoms with Crippen LogP contribution in [0.15, 0.2) is 174 Å². The second-order valence-corrected chi connectivity index (χ2v) is 13.1. The topological polar surface area (TPSA) is 13.1 Å². The molecule has 0 atom stereocenters. The van der Waals surface area contributed by atoms with Gasteiger partial charge in [-0.1, -0.05) is 140 Å². The largest absolute Gasteiger partial charge is 0.455 e. The Labute approximate surface area is 285 Å². The van der Waals surface area contributed by atoms with Gasteiger partial charge in [-0.2, -0.15) is 0 Å². The molecule has 0 aliphatic heterocycles. The van der Waals surface area contributed by atoms with Crippen molar-refractivity contribution in [2.75, 3.05) is 0 Å². The number of furan rings is 1. The quantitative estimate of drug-likeness (QED) is 0.178. The van der Waals surface area contributed by atoms with Crippen molar-refractivity contribution in [2.45, 2.75) is 12.8 Å². The molecule has 1 aliphatic rings. The number of benzene rings is 8. The van der Waals surface area contributed by atoms with Crippen LogP contribution >= 0.6 is 0 Å². The van der Waals surface area contributed by atoms with Gasteiger partial charge in [0.2, 0.25) is 0 Å². The summed E-state index contributed by atoms with van der Waals surface area (Å²) < 4.78 is 6.66. The molecule has 1 heterocycles. The molecular weight excluding hydrogens is 593 g/mol. The van der Waals surface area contributed by atoms with Gasteiger partial charge in [-0.15, -0.1) is 0 Å². The standard InChI is InChI=1S/C48H32O/c1-3-14-31(15-4-1)34-28-35(32-16-5-2-6-17-32)30-36(29-34)45-38-20-9-11-22-40(38)46(41-23-12-10-21-39(41)45)42-24-13-25-44-47(42)43-27-26-33-18-7-8-19-37(33)48(43)49-44/h1-5,7-16,18-30H,6,17H2. The van der Waals surface area contributed by atoms with E-state index in [1.807, 2.05) is 0 Å². The zero-order valence-corrected chi connectivity index (χ0v) is 27.0. The van der Waals surface area contributed by atoms with Crippen LogP contribution in [0.3, 0.4) is 0 Å². The van der Waals surface area contributed by atoms with Crippen molar-refractivity contribution >= 4 is 59.8 Å². The maximum Gasteiger partial charge on any atom is 0.143 e. The fourth-order valence-electron chi connectivity index (χ4n) is 8.09. The van der Waals surface area contributed by atoms with E-state index in [2.05, 4.69) is 170 Å². The van der Waals surface area contributed by atoms with Crippen LogP contribution < -0.4 is 0 Å². The van der Waals surface area contributed by atoms with Gasteiger partial charge in [0.25, 0.3) is 0 Å². The molecule has 0 amide bonds. The molecule has 0 saturated carbocycles. The number of allylic oxidation sites excluding steroid dienone is 4. The highest BCUT2D eigenvalue weighted by molar-refractivity contribution is 6.27. The Morgan fingerprint density at radius 2 is 1.10 bits per heavy atom. The molecule has 230 valence electrons. The van der Waals surface area contributed by atoms with Gasteiger partial charge in [0.1, 0.15) is 11.2 Å². The summed E-state index contributed by atoms with van der Waals surface area (Å²) in [7, 11) is 0. The predicted molar refractivity (Wildman–Crippen MR) is 209 cm³/mol. The van der Waals surface area contributed by atoms with Gasteiger partial charge in [-0.25, -0.2) is 0 Å². The molecule has 0 saturated heterocycles. The minimum atomic E-state index is 0.913. The normalized spacial score (nSPS) is 13.2. The molecule has 49 heavy (non-hydrogen) atoms. The van der Waals surface area contributed by atoms with E-state index in [1.54, 1.807) is 0 Å². The highest BCUT2D eigenvalue weighted by Crippen LogP contribution is 2.48. The third-order valence-electron chi connectivity index (χ3n) is 10.3. The Morgan fingerprint density at radius 1 is 0.449 bits per heavy atom. The van der Waals surface area contributed by atoms with Crippen molar-refractivity contribution in [2.24, 2.45) is 0 Å². The predicted octanol–water partition coefficient (Wildman–Crippen LogP) is 13.8. The highest BCUT2D eigenvalue weighted by Gasteiger charge is 2.21. The van der Waals surface area contributed by atoms with Gasteiger partial charge in [0.15, 0.2) is 0 Å². The molecule has 0 spiro atoms. The summed E-state index contributed by atoms with van der Waals surface area (Å²) in [4.78, 5) is 0. The number of hydrogen-bond acceptors (Lipinski definition) is 1. The zero-order chi connectivity index (χ0) is 32.3. The van der Waals surface area contributed by atoms with E-state index in [1.165, 1.54) is 71.4 Å². The lowest BCUT2D eigenvalue weighted by Crippen LogP contribution is -1.94. The van der Waals surface area contributed by atoms with Crippen LogP contribution in [0, 0.1) is 0 Å². The summed E-state index contributed by atoms with van der Waals surface area (Å²) in [5.74, 6) is 0. The molecule has 1 aromatic heterocycles. The Morgan fingerprint density at radius 3 is 1.84 bits per heavy atom. The minimum Gasteiger partial charge on any atom is -0.455 e. The second kappa shape index (κ2) is 11.2. The van der Waals surface area contributed by atoms with Gasteiger partial charge in [-0.05, 0) is 115 Å². The third-order valence-corrected chi connectivity index (χ3v) is 10.3. The van der Waals surface area contributed by atoms with Crippen molar-refractivity contribution in [1.82, 2.24) is 0 Å². The number of hydrogen-bond donors (Lipinski definition) is 0. The maximum absolute atomic E-state index is 6.66. The lowest BCUT2D eigenvalue weighted by atomic mass is 9.83. The summed E-state index contributed by atoms with van der Waals surface area (Å²) in [5.41, 5.74) is 12.0. The highest BCUT2D eigenvalue weighted by atomic mass is 16.3. The van der Waals surface area contributed by atoms with E-state index in [9.17, 15) is 0 Å². The van der Waals surface area contributed by atoms with Crippen molar-refractivity contribution in [3.63, 3.8) is 0 Å². The molecule has 9 aromatic rings. The molecule has 0 bridgehead atoms. The summed E-state index contributed by atoms with van der Waals surface area (Å²) >= 11 is 0. The van der Waals surface area contributed by atoms with Crippen LogP contribution in [-0.4, -0.2) is 0 Å². The molecule has 1 heteroatoms. The van der Waals surface area contributed by atoms with E-state index in [-0.39, 0.29) is 0 Å². The van der Waals surface area contributed by atoms with Gasteiger partial charge >= 0.3 is 0 Å². The molecule has 0 fully saturated rings. The first-order chi connectivity index (χ1) is 24.3.